The van der Waals surface area contributed by atoms with Gasteiger partial charge in [-0.2, -0.15) is 0 Å². The van der Waals surface area contributed by atoms with Gasteiger partial charge in [-0.15, -0.1) is 11.8 Å². The quantitative estimate of drug-likeness (QED) is 0.406. The lowest BCUT2D eigenvalue weighted by molar-refractivity contribution is -0.132. The van der Waals surface area contributed by atoms with Gasteiger partial charge in [0, 0.05) is 31.1 Å². The summed E-state index contributed by atoms with van der Waals surface area (Å²) in [6.07, 6.45) is 0.486. The minimum Gasteiger partial charge on any atom is -0.339 e. The largest absolute Gasteiger partial charge is 0.339 e. The van der Waals surface area contributed by atoms with Gasteiger partial charge in [-0.1, -0.05) is 69.3 Å². The lowest BCUT2D eigenvalue weighted by atomic mass is 9.90. The second kappa shape index (κ2) is 11.8. The van der Waals surface area contributed by atoms with E-state index in [9.17, 15) is 13.2 Å². The SMILES string of the molecule is CC(C)(C)C(Sc1cc[c]c(-c2ccc(S(=O)(=O)CCc3ccccc3)cc2)c1)C(=O)N1CCNCC1. The van der Waals surface area contributed by atoms with Gasteiger partial charge in [0.25, 0.3) is 0 Å². The number of hydrogen-bond donors (Lipinski definition) is 1. The Morgan fingerprint density at radius 2 is 1.70 bits per heavy atom. The first-order chi connectivity index (χ1) is 17.6. The number of sulfone groups is 1. The van der Waals surface area contributed by atoms with Crippen LogP contribution in [0.25, 0.3) is 11.1 Å². The Kier molecular flexibility index (Phi) is 8.78. The summed E-state index contributed by atoms with van der Waals surface area (Å²) in [6, 6.07) is 25.8. The highest BCUT2D eigenvalue weighted by Crippen LogP contribution is 2.38. The molecule has 1 N–H and O–H groups in total. The van der Waals surface area contributed by atoms with E-state index in [1.54, 1.807) is 23.9 Å². The van der Waals surface area contributed by atoms with Gasteiger partial charge < -0.3 is 10.2 Å². The fourth-order valence-corrected chi connectivity index (χ4v) is 6.83. The molecule has 1 heterocycles. The van der Waals surface area contributed by atoms with Crippen molar-refractivity contribution in [1.29, 1.82) is 0 Å². The molecule has 7 heteroatoms. The summed E-state index contributed by atoms with van der Waals surface area (Å²) in [5.41, 5.74) is 2.57. The number of carbonyl (C=O) groups is 1. The molecule has 5 nitrogen and oxygen atoms in total. The monoisotopic (exact) mass is 535 g/mol. The van der Waals surface area contributed by atoms with Gasteiger partial charge in [0.2, 0.25) is 5.91 Å². The predicted molar refractivity (Wildman–Crippen MR) is 151 cm³/mol. The molecular formula is C30H35N2O3S2. The summed E-state index contributed by atoms with van der Waals surface area (Å²) in [5.74, 6) is 0.252. The third-order valence-electron chi connectivity index (χ3n) is 6.49. The molecule has 1 unspecified atom stereocenters. The van der Waals surface area contributed by atoms with Crippen molar-refractivity contribution >= 4 is 27.5 Å². The number of amides is 1. The molecule has 0 aromatic heterocycles. The van der Waals surface area contributed by atoms with Gasteiger partial charge in [0.15, 0.2) is 9.84 Å². The fraction of sp³-hybridized carbons (Fsp3) is 0.367. The van der Waals surface area contributed by atoms with E-state index in [1.807, 2.05) is 65.6 Å². The van der Waals surface area contributed by atoms with Crippen LogP contribution in [-0.4, -0.2) is 56.4 Å². The average Bonchev–Trinajstić information content (AvgIpc) is 2.91. The molecule has 1 saturated heterocycles. The second-order valence-electron chi connectivity index (χ2n) is 10.5. The third kappa shape index (κ3) is 7.24. The highest BCUT2D eigenvalue weighted by Gasteiger charge is 2.35. The maximum absolute atomic E-state index is 13.4. The van der Waals surface area contributed by atoms with Gasteiger partial charge in [-0.05, 0) is 58.9 Å². The van der Waals surface area contributed by atoms with Gasteiger partial charge in [-0.3, -0.25) is 4.79 Å². The Labute approximate surface area is 225 Å². The van der Waals surface area contributed by atoms with Crippen LogP contribution in [0.5, 0.6) is 0 Å². The molecule has 3 aromatic carbocycles. The van der Waals surface area contributed by atoms with E-state index >= 15 is 0 Å². The van der Waals surface area contributed by atoms with Crippen molar-refractivity contribution in [3.63, 3.8) is 0 Å². The summed E-state index contributed by atoms with van der Waals surface area (Å²) in [7, 11) is -3.38. The van der Waals surface area contributed by atoms with Crippen molar-refractivity contribution in [2.45, 2.75) is 42.2 Å². The number of aryl methyl sites for hydroxylation is 1. The van der Waals surface area contributed by atoms with E-state index in [2.05, 4.69) is 32.2 Å². The summed E-state index contributed by atoms with van der Waals surface area (Å²) < 4.78 is 25.7. The van der Waals surface area contributed by atoms with Gasteiger partial charge in [0.1, 0.15) is 0 Å². The second-order valence-corrected chi connectivity index (χ2v) is 13.7. The molecule has 0 aliphatic carbocycles. The van der Waals surface area contributed by atoms with Crippen LogP contribution in [0.3, 0.4) is 0 Å². The molecule has 195 valence electrons. The number of piperazine rings is 1. The van der Waals surface area contributed by atoms with Crippen molar-refractivity contribution in [3.05, 3.63) is 84.4 Å². The number of thioether (sulfide) groups is 1. The molecule has 4 rings (SSSR count). The van der Waals surface area contributed by atoms with E-state index < -0.39 is 9.84 Å². The van der Waals surface area contributed by atoms with Crippen LogP contribution in [0.2, 0.25) is 0 Å². The topological polar surface area (TPSA) is 66.5 Å². The van der Waals surface area contributed by atoms with Crippen LogP contribution < -0.4 is 5.32 Å². The van der Waals surface area contributed by atoms with Crippen molar-refractivity contribution in [3.8, 4) is 11.1 Å². The molecule has 1 aliphatic heterocycles. The van der Waals surface area contributed by atoms with E-state index in [1.165, 1.54) is 0 Å². The van der Waals surface area contributed by atoms with Crippen molar-refractivity contribution < 1.29 is 13.2 Å². The molecular weight excluding hydrogens is 500 g/mol. The molecule has 1 aliphatic rings. The van der Waals surface area contributed by atoms with Crippen molar-refractivity contribution in [1.82, 2.24) is 10.2 Å². The van der Waals surface area contributed by atoms with E-state index in [0.29, 0.717) is 11.3 Å². The van der Waals surface area contributed by atoms with E-state index in [-0.39, 0.29) is 22.3 Å². The predicted octanol–water partition coefficient (Wildman–Crippen LogP) is 5.11. The summed E-state index contributed by atoms with van der Waals surface area (Å²) in [5, 5.41) is 3.10. The minimum absolute atomic E-state index is 0.0733. The Balaban J connectivity index is 1.48. The number of rotatable bonds is 8. The van der Waals surface area contributed by atoms with Crippen LogP contribution >= 0.6 is 11.8 Å². The van der Waals surface area contributed by atoms with Gasteiger partial charge in [0.05, 0.1) is 15.9 Å². The number of nitrogens with zero attached hydrogens (tertiary/aromatic N) is 1. The highest BCUT2D eigenvalue weighted by atomic mass is 32.2. The van der Waals surface area contributed by atoms with Crippen LogP contribution in [0.15, 0.2) is 82.6 Å². The fourth-order valence-electron chi connectivity index (χ4n) is 4.33. The Morgan fingerprint density at radius 3 is 2.35 bits per heavy atom. The molecule has 1 radical (unpaired) electrons. The molecule has 1 atom stereocenters. The molecule has 1 amide bonds. The van der Waals surface area contributed by atoms with Gasteiger partial charge in [-0.25, -0.2) is 8.42 Å². The lowest BCUT2D eigenvalue weighted by Crippen LogP contribution is -2.51. The van der Waals surface area contributed by atoms with Crippen molar-refractivity contribution in [2.24, 2.45) is 5.41 Å². The number of benzene rings is 3. The number of carbonyl (C=O) groups excluding carboxylic acids is 1. The van der Waals surface area contributed by atoms with Gasteiger partial charge >= 0.3 is 0 Å². The zero-order valence-corrected chi connectivity index (χ0v) is 23.4. The molecule has 37 heavy (non-hydrogen) atoms. The first-order valence-electron chi connectivity index (χ1n) is 12.7. The van der Waals surface area contributed by atoms with Crippen LogP contribution in [0.1, 0.15) is 26.3 Å². The normalized spacial score (nSPS) is 15.4. The molecule has 0 spiro atoms. The Morgan fingerprint density at radius 1 is 1.03 bits per heavy atom. The summed E-state index contributed by atoms with van der Waals surface area (Å²) in [4.78, 5) is 16.7. The smallest absolute Gasteiger partial charge is 0.236 e. The summed E-state index contributed by atoms with van der Waals surface area (Å²) >= 11 is 1.59. The number of hydrogen-bond acceptors (Lipinski definition) is 5. The zero-order chi connectivity index (χ0) is 26.5. The van der Waals surface area contributed by atoms with Crippen molar-refractivity contribution in [2.75, 3.05) is 31.9 Å². The maximum atomic E-state index is 13.4. The zero-order valence-electron chi connectivity index (χ0n) is 21.7. The number of nitrogens with one attached hydrogen (secondary N) is 1. The first-order valence-corrected chi connectivity index (χ1v) is 15.2. The summed E-state index contributed by atoms with van der Waals surface area (Å²) in [6.45, 7) is 9.46. The van der Waals surface area contributed by atoms with Crippen LogP contribution in [-0.2, 0) is 21.1 Å². The standard InChI is InChI=1S/C30H35N2O3S2/c1-30(2,3)28(29(33)32-19-17-31-18-20-32)36-26-11-7-10-25(22-26)24-12-14-27(15-13-24)37(34,35)21-16-23-8-5-4-6-9-23/h4-9,11-15,22,28,31H,16-21H2,1-3H3. The molecule has 0 saturated carbocycles. The average molecular weight is 536 g/mol. The first kappa shape index (κ1) is 27.4. The Bertz CT molecular complexity index is 1290. The third-order valence-corrected chi connectivity index (χ3v) is 9.90. The van der Waals surface area contributed by atoms with Crippen LogP contribution in [0.4, 0.5) is 0 Å². The highest BCUT2D eigenvalue weighted by molar-refractivity contribution is 8.00. The van der Waals surface area contributed by atoms with E-state index in [4.69, 9.17) is 0 Å². The minimum atomic E-state index is -3.38. The van der Waals surface area contributed by atoms with Crippen LogP contribution in [0, 0.1) is 11.5 Å². The lowest BCUT2D eigenvalue weighted by Gasteiger charge is -2.36. The maximum Gasteiger partial charge on any atom is 0.236 e. The molecule has 3 aromatic rings. The molecule has 0 bridgehead atoms. The Hall–Kier alpha value is -2.61. The molecule has 1 fully saturated rings. The van der Waals surface area contributed by atoms with E-state index in [0.717, 1.165) is 47.8 Å².